The Morgan fingerprint density at radius 1 is 1.53 bits per heavy atom. The summed E-state index contributed by atoms with van der Waals surface area (Å²) in [6.07, 6.45) is 0. The van der Waals surface area contributed by atoms with Crippen molar-refractivity contribution in [1.82, 2.24) is 4.72 Å². The van der Waals surface area contributed by atoms with Crippen molar-refractivity contribution in [3.8, 4) is 0 Å². The van der Waals surface area contributed by atoms with Gasteiger partial charge in [0, 0.05) is 6.54 Å². The largest absolute Gasteiger partial charge is 0.389 e. The van der Waals surface area contributed by atoms with E-state index in [2.05, 4.69) is 21.7 Å². The second kappa shape index (κ2) is 5.39. The summed E-state index contributed by atoms with van der Waals surface area (Å²) in [5.41, 5.74) is 5.24. The van der Waals surface area contributed by atoms with Gasteiger partial charge in [0.1, 0.15) is 10.8 Å². The van der Waals surface area contributed by atoms with Gasteiger partial charge in [-0.3, -0.25) is 4.72 Å². The van der Waals surface area contributed by atoms with Crippen LogP contribution in [0.15, 0.2) is 18.2 Å². The molecule has 0 bridgehead atoms. The summed E-state index contributed by atoms with van der Waals surface area (Å²) in [7, 11) is -3.74. The van der Waals surface area contributed by atoms with Gasteiger partial charge in [0.2, 0.25) is 0 Å². The van der Waals surface area contributed by atoms with Crippen LogP contribution < -0.4 is 15.2 Å². The molecule has 94 valence electrons. The molecule has 0 radical (unpaired) electrons. The number of hydrogen-bond acceptors (Lipinski definition) is 3. The molecule has 1 aromatic rings. The summed E-state index contributed by atoms with van der Waals surface area (Å²) in [5.74, 6) is -0.672. The van der Waals surface area contributed by atoms with Crippen LogP contribution in [0, 0.1) is 5.82 Å². The minimum absolute atomic E-state index is 0.0125. The van der Waals surface area contributed by atoms with E-state index in [0.717, 1.165) is 6.07 Å². The van der Waals surface area contributed by atoms with Crippen LogP contribution in [0.3, 0.4) is 0 Å². The molecule has 0 aliphatic heterocycles. The van der Waals surface area contributed by atoms with Crippen LogP contribution in [-0.4, -0.2) is 20.0 Å². The predicted molar refractivity (Wildman–Crippen MR) is 68.5 cm³/mol. The summed E-state index contributed by atoms with van der Waals surface area (Å²) in [6.45, 7) is 1.84. The van der Waals surface area contributed by atoms with Gasteiger partial charge in [0.05, 0.1) is 11.3 Å². The van der Waals surface area contributed by atoms with Crippen LogP contribution in [0.1, 0.15) is 12.5 Å². The number of rotatable bonds is 5. The highest BCUT2D eigenvalue weighted by atomic mass is 32.2. The SMILES string of the molecule is CCNS(=O)(=O)Nc1cccc(F)c1C(N)=S. The minimum Gasteiger partial charge on any atom is -0.389 e. The first-order valence-corrected chi connectivity index (χ1v) is 6.62. The Kier molecular flexibility index (Phi) is 4.38. The zero-order valence-electron chi connectivity index (χ0n) is 9.03. The number of benzene rings is 1. The van der Waals surface area contributed by atoms with Crippen LogP contribution in [0.4, 0.5) is 10.1 Å². The maximum atomic E-state index is 13.4. The second-order valence-electron chi connectivity index (χ2n) is 3.13. The van der Waals surface area contributed by atoms with Crippen molar-refractivity contribution in [3.05, 3.63) is 29.6 Å². The molecule has 5 nitrogen and oxygen atoms in total. The molecule has 1 aromatic carbocycles. The van der Waals surface area contributed by atoms with E-state index in [9.17, 15) is 12.8 Å². The lowest BCUT2D eigenvalue weighted by molar-refractivity contribution is 0.589. The van der Waals surface area contributed by atoms with Gasteiger partial charge in [-0.2, -0.15) is 13.1 Å². The summed E-state index contributed by atoms with van der Waals surface area (Å²) in [5, 5.41) is 0. The fourth-order valence-electron chi connectivity index (χ4n) is 1.23. The van der Waals surface area contributed by atoms with Gasteiger partial charge in [-0.1, -0.05) is 25.2 Å². The molecule has 0 saturated heterocycles. The summed E-state index contributed by atoms with van der Waals surface area (Å²) in [4.78, 5) is -0.211. The van der Waals surface area contributed by atoms with Crippen LogP contribution in [0.25, 0.3) is 0 Å². The Morgan fingerprint density at radius 3 is 2.71 bits per heavy atom. The Balaban J connectivity index is 3.16. The van der Waals surface area contributed by atoms with Gasteiger partial charge < -0.3 is 5.73 Å². The van der Waals surface area contributed by atoms with E-state index in [1.54, 1.807) is 6.92 Å². The molecule has 8 heteroatoms. The Morgan fingerprint density at radius 2 is 2.18 bits per heavy atom. The fourth-order valence-corrected chi connectivity index (χ4v) is 2.35. The lowest BCUT2D eigenvalue weighted by Gasteiger charge is -2.12. The van der Waals surface area contributed by atoms with Crippen molar-refractivity contribution in [2.24, 2.45) is 5.73 Å². The number of halogens is 1. The van der Waals surface area contributed by atoms with E-state index in [-0.39, 0.29) is 22.8 Å². The third kappa shape index (κ3) is 3.62. The number of nitrogens with two attached hydrogens (primary N) is 1. The van der Waals surface area contributed by atoms with Crippen molar-refractivity contribution < 1.29 is 12.8 Å². The zero-order chi connectivity index (χ0) is 13.1. The van der Waals surface area contributed by atoms with Gasteiger partial charge in [0.15, 0.2) is 0 Å². The van der Waals surface area contributed by atoms with Gasteiger partial charge in [-0.25, -0.2) is 4.39 Å². The number of thiocarbonyl (C=S) groups is 1. The van der Waals surface area contributed by atoms with E-state index < -0.39 is 16.0 Å². The highest BCUT2D eigenvalue weighted by Crippen LogP contribution is 2.19. The summed E-state index contributed by atoms with van der Waals surface area (Å²) < 4.78 is 40.7. The van der Waals surface area contributed by atoms with Crippen molar-refractivity contribution in [2.75, 3.05) is 11.3 Å². The Hall–Kier alpha value is -1.25. The molecule has 1 rings (SSSR count). The second-order valence-corrected chi connectivity index (χ2v) is 5.07. The van der Waals surface area contributed by atoms with Gasteiger partial charge >= 0.3 is 0 Å². The molecule has 0 heterocycles. The van der Waals surface area contributed by atoms with E-state index in [0.29, 0.717) is 0 Å². The quantitative estimate of drug-likeness (QED) is 0.693. The molecular formula is C9H12FN3O2S2. The van der Waals surface area contributed by atoms with Gasteiger partial charge in [-0.05, 0) is 12.1 Å². The lowest BCUT2D eigenvalue weighted by atomic mass is 10.2. The molecule has 0 spiro atoms. The number of nitrogens with one attached hydrogen (secondary N) is 2. The standard InChI is InChI=1S/C9H12FN3O2S2/c1-2-12-17(14,15)13-7-5-3-4-6(10)8(7)9(11)16/h3-5,12-13H,2H2,1H3,(H2,11,16). The van der Waals surface area contributed by atoms with Crippen molar-refractivity contribution in [2.45, 2.75) is 6.92 Å². The van der Waals surface area contributed by atoms with Crippen LogP contribution in [0.2, 0.25) is 0 Å². The monoisotopic (exact) mass is 277 g/mol. The molecule has 0 aliphatic carbocycles. The Labute approximate surface area is 104 Å². The zero-order valence-corrected chi connectivity index (χ0v) is 10.7. The number of hydrogen-bond donors (Lipinski definition) is 3. The minimum atomic E-state index is -3.74. The molecule has 17 heavy (non-hydrogen) atoms. The molecule has 0 aliphatic rings. The van der Waals surface area contributed by atoms with Gasteiger partial charge in [0.25, 0.3) is 10.2 Å². The van der Waals surface area contributed by atoms with Gasteiger partial charge in [-0.15, -0.1) is 0 Å². The van der Waals surface area contributed by atoms with Crippen molar-refractivity contribution >= 4 is 33.1 Å². The maximum Gasteiger partial charge on any atom is 0.299 e. The van der Waals surface area contributed by atoms with Crippen LogP contribution in [0.5, 0.6) is 0 Å². The first kappa shape index (κ1) is 13.8. The normalized spacial score (nSPS) is 11.2. The third-order valence-corrected chi connectivity index (χ3v) is 3.20. The first-order chi connectivity index (χ1) is 7.87. The highest BCUT2D eigenvalue weighted by Gasteiger charge is 2.15. The van der Waals surface area contributed by atoms with E-state index >= 15 is 0 Å². The van der Waals surface area contributed by atoms with Crippen LogP contribution in [-0.2, 0) is 10.2 Å². The van der Waals surface area contributed by atoms with E-state index in [1.165, 1.54) is 12.1 Å². The summed E-state index contributed by atoms with van der Waals surface area (Å²) >= 11 is 4.67. The predicted octanol–water partition coefficient (Wildman–Crippen LogP) is 0.726. The fraction of sp³-hybridized carbons (Fsp3) is 0.222. The third-order valence-electron chi connectivity index (χ3n) is 1.84. The van der Waals surface area contributed by atoms with Crippen LogP contribution >= 0.6 is 12.2 Å². The molecule has 0 aromatic heterocycles. The highest BCUT2D eigenvalue weighted by molar-refractivity contribution is 7.90. The molecule has 0 fully saturated rings. The van der Waals surface area contributed by atoms with Crippen molar-refractivity contribution in [1.29, 1.82) is 0 Å². The smallest absolute Gasteiger partial charge is 0.299 e. The Bertz CT molecular complexity index is 531. The molecule has 0 unspecified atom stereocenters. The van der Waals surface area contributed by atoms with Crippen molar-refractivity contribution in [3.63, 3.8) is 0 Å². The molecular weight excluding hydrogens is 265 g/mol. The number of anilines is 1. The molecule has 0 saturated carbocycles. The van der Waals surface area contributed by atoms with E-state index in [1.807, 2.05) is 0 Å². The first-order valence-electron chi connectivity index (χ1n) is 4.73. The summed E-state index contributed by atoms with van der Waals surface area (Å²) in [6, 6.07) is 3.90. The molecule has 0 amide bonds. The maximum absolute atomic E-state index is 13.4. The van der Waals surface area contributed by atoms with E-state index in [4.69, 9.17) is 5.73 Å². The molecule has 0 atom stereocenters. The average Bonchev–Trinajstić information content (AvgIpc) is 2.15. The topological polar surface area (TPSA) is 84.2 Å². The average molecular weight is 277 g/mol. The molecule has 4 N–H and O–H groups in total. The lowest BCUT2D eigenvalue weighted by Crippen LogP contribution is -2.31.